The molecule has 0 saturated heterocycles. The van der Waals surface area contributed by atoms with E-state index in [1.807, 2.05) is 34.4 Å². The number of nitrogens with two attached hydrogens (primary N) is 1. The highest BCUT2D eigenvalue weighted by Crippen LogP contribution is 2.23. The fourth-order valence-electron chi connectivity index (χ4n) is 1.31. The van der Waals surface area contributed by atoms with Gasteiger partial charge in [0.2, 0.25) is 0 Å². The van der Waals surface area contributed by atoms with E-state index in [0.29, 0.717) is 14.9 Å². The average molecular weight is 354 g/mol. The highest BCUT2D eigenvalue weighted by atomic mass is 127. The molecule has 0 aromatic heterocycles. The minimum absolute atomic E-state index is 0.221. The van der Waals surface area contributed by atoms with Crippen molar-refractivity contribution in [3.63, 3.8) is 0 Å². The molecular formula is C11H16FIN2S. The van der Waals surface area contributed by atoms with Crippen molar-refractivity contribution >= 4 is 45.7 Å². The predicted molar refractivity (Wildman–Crippen MR) is 79.6 cm³/mol. The van der Waals surface area contributed by atoms with Gasteiger partial charge >= 0.3 is 0 Å². The van der Waals surface area contributed by atoms with E-state index in [-0.39, 0.29) is 5.82 Å². The lowest BCUT2D eigenvalue weighted by Crippen LogP contribution is -2.05. The molecule has 3 N–H and O–H groups in total. The van der Waals surface area contributed by atoms with Crippen LogP contribution in [0.25, 0.3) is 0 Å². The van der Waals surface area contributed by atoms with Crippen LogP contribution in [0, 0.1) is 9.39 Å². The van der Waals surface area contributed by atoms with Gasteiger partial charge in [-0.25, -0.2) is 4.39 Å². The Labute approximate surface area is 114 Å². The van der Waals surface area contributed by atoms with Gasteiger partial charge in [0.25, 0.3) is 0 Å². The van der Waals surface area contributed by atoms with E-state index in [1.165, 1.54) is 12.5 Å². The van der Waals surface area contributed by atoms with Crippen LogP contribution >= 0.6 is 34.4 Å². The van der Waals surface area contributed by atoms with Gasteiger partial charge < -0.3 is 11.1 Å². The summed E-state index contributed by atoms with van der Waals surface area (Å²) in [7, 11) is 0. The summed E-state index contributed by atoms with van der Waals surface area (Å²) in [5.74, 6) is 0.944. The fourth-order valence-corrected chi connectivity index (χ4v) is 2.29. The molecule has 1 aromatic rings. The van der Waals surface area contributed by atoms with Crippen LogP contribution in [-0.4, -0.2) is 18.6 Å². The molecule has 0 bridgehead atoms. The lowest BCUT2D eigenvalue weighted by molar-refractivity contribution is 0.621. The van der Waals surface area contributed by atoms with Gasteiger partial charge in [-0.15, -0.1) is 0 Å². The normalized spacial score (nSPS) is 10.4. The van der Waals surface area contributed by atoms with Crippen molar-refractivity contribution in [1.29, 1.82) is 0 Å². The molecule has 0 saturated carbocycles. The molecule has 2 nitrogen and oxygen atoms in total. The molecule has 0 radical (unpaired) electrons. The molecule has 0 unspecified atom stereocenters. The van der Waals surface area contributed by atoms with Crippen LogP contribution in [-0.2, 0) is 0 Å². The lowest BCUT2D eigenvalue weighted by Gasteiger charge is -2.10. The summed E-state index contributed by atoms with van der Waals surface area (Å²) < 4.78 is 13.8. The van der Waals surface area contributed by atoms with E-state index in [2.05, 4.69) is 11.6 Å². The molecular weight excluding hydrogens is 338 g/mol. The highest BCUT2D eigenvalue weighted by molar-refractivity contribution is 14.1. The van der Waals surface area contributed by atoms with E-state index in [0.717, 1.165) is 18.7 Å². The highest BCUT2D eigenvalue weighted by Gasteiger charge is 2.04. The van der Waals surface area contributed by atoms with Gasteiger partial charge in [0.15, 0.2) is 0 Å². The molecule has 0 heterocycles. The fraction of sp³-hybridized carbons (Fsp3) is 0.455. The van der Waals surface area contributed by atoms with Crippen molar-refractivity contribution in [2.24, 2.45) is 0 Å². The van der Waals surface area contributed by atoms with E-state index in [4.69, 9.17) is 5.73 Å². The summed E-state index contributed by atoms with van der Waals surface area (Å²) in [6.07, 6.45) is 4.34. The third-order valence-electron chi connectivity index (χ3n) is 2.18. The van der Waals surface area contributed by atoms with Crippen LogP contribution in [0.5, 0.6) is 0 Å². The molecule has 0 amide bonds. The van der Waals surface area contributed by atoms with Crippen molar-refractivity contribution in [2.75, 3.05) is 29.6 Å². The molecule has 5 heteroatoms. The smallest absolute Gasteiger partial charge is 0.138 e. The maximum Gasteiger partial charge on any atom is 0.138 e. The van der Waals surface area contributed by atoms with E-state index in [9.17, 15) is 4.39 Å². The monoisotopic (exact) mass is 354 g/mol. The zero-order valence-electron chi connectivity index (χ0n) is 9.22. The first-order valence-electron chi connectivity index (χ1n) is 5.12. The minimum Gasteiger partial charge on any atom is -0.397 e. The molecule has 0 fully saturated rings. The summed E-state index contributed by atoms with van der Waals surface area (Å²) >= 11 is 3.78. The van der Waals surface area contributed by atoms with Crippen molar-refractivity contribution in [1.82, 2.24) is 0 Å². The average Bonchev–Trinajstić information content (AvgIpc) is 2.25. The van der Waals surface area contributed by atoms with Crippen LogP contribution in [0.1, 0.15) is 12.8 Å². The maximum absolute atomic E-state index is 13.3. The number of nitrogens with one attached hydrogen (secondary N) is 1. The molecule has 0 aliphatic carbocycles. The lowest BCUT2D eigenvalue weighted by atomic mass is 10.2. The molecule has 16 heavy (non-hydrogen) atoms. The zero-order chi connectivity index (χ0) is 12.0. The number of thioether (sulfide) groups is 1. The first kappa shape index (κ1) is 13.9. The van der Waals surface area contributed by atoms with Crippen LogP contribution < -0.4 is 11.1 Å². The predicted octanol–water partition coefficient (Wildman–Crippen LogP) is 3.57. The summed E-state index contributed by atoms with van der Waals surface area (Å²) in [6.45, 7) is 0.838. The van der Waals surface area contributed by atoms with Crippen LogP contribution in [0.2, 0.25) is 0 Å². The Kier molecular flexibility index (Phi) is 6.26. The number of rotatable bonds is 6. The van der Waals surface area contributed by atoms with Crippen molar-refractivity contribution in [3.05, 3.63) is 21.5 Å². The topological polar surface area (TPSA) is 38.0 Å². The summed E-state index contributed by atoms with van der Waals surface area (Å²) in [4.78, 5) is 0. The first-order chi connectivity index (χ1) is 7.65. The van der Waals surface area contributed by atoms with Gasteiger partial charge in [-0.2, -0.15) is 11.8 Å². The second-order valence-electron chi connectivity index (χ2n) is 3.48. The number of hydrogen-bond donors (Lipinski definition) is 2. The van der Waals surface area contributed by atoms with Crippen LogP contribution in [0.4, 0.5) is 15.8 Å². The largest absolute Gasteiger partial charge is 0.397 e. The second kappa shape index (κ2) is 7.21. The number of hydrogen-bond acceptors (Lipinski definition) is 3. The quantitative estimate of drug-likeness (QED) is 0.466. The number of benzene rings is 1. The third-order valence-corrected chi connectivity index (χ3v) is 3.71. The molecule has 0 aliphatic heterocycles. The Bertz CT molecular complexity index is 347. The minimum atomic E-state index is -0.221. The first-order valence-corrected chi connectivity index (χ1v) is 7.59. The maximum atomic E-state index is 13.3. The summed E-state index contributed by atoms with van der Waals surface area (Å²) in [5, 5.41) is 3.16. The SMILES string of the molecule is CSCCCCNc1cc(F)c(I)cc1N. The standard InChI is InChI=1S/C11H16FIN2S/c1-16-5-3-2-4-15-11-6-8(12)9(13)7-10(11)14/h6-7,15H,2-5,14H2,1H3. The summed E-state index contributed by atoms with van der Waals surface area (Å²) in [6, 6.07) is 3.12. The van der Waals surface area contributed by atoms with Gasteiger partial charge in [0, 0.05) is 12.6 Å². The van der Waals surface area contributed by atoms with Crippen LogP contribution in [0.3, 0.4) is 0 Å². The molecule has 1 aromatic carbocycles. The Balaban J connectivity index is 2.45. The van der Waals surface area contributed by atoms with Gasteiger partial charge in [0.05, 0.1) is 14.9 Å². The van der Waals surface area contributed by atoms with Crippen molar-refractivity contribution < 1.29 is 4.39 Å². The number of anilines is 2. The second-order valence-corrected chi connectivity index (χ2v) is 5.63. The number of halogens is 2. The molecule has 0 atom stereocenters. The van der Waals surface area contributed by atoms with Crippen LogP contribution in [0.15, 0.2) is 12.1 Å². The Hall–Kier alpha value is -0.170. The van der Waals surface area contributed by atoms with Gasteiger partial charge in [-0.3, -0.25) is 0 Å². The van der Waals surface area contributed by atoms with E-state index < -0.39 is 0 Å². The Morgan fingerprint density at radius 2 is 2.19 bits per heavy atom. The number of unbranched alkanes of at least 4 members (excludes halogenated alkanes) is 1. The van der Waals surface area contributed by atoms with Crippen molar-refractivity contribution in [3.8, 4) is 0 Å². The molecule has 1 rings (SSSR count). The molecule has 0 spiro atoms. The Morgan fingerprint density at radius 3 is 2.88 bits per heavy atom. The van der Waals surface area contributed by atoms with E-state index in [1.54, 1.807) is 6.07 Å². The van der Waals surface area contributed by atoms with Crippen molar-refractivity contribution in [2.45, 2.75) is 12.8 Å². The number of nitrogen functional groups attached to an aromatic ring is 1. The van der Waals surface area contributed by atoms with Gasteiger partial charge in [-0.05, 0) is 53.5 Å². The van der Waals surface area contributed by atoms with E-state index >= 15 is 0 Å². The van der Waals surface area contributed by atoms with Gasteiger partial charge in [0.1, 0.15) is 5.82 Å². The molecule has 90 valence electrons. The van der Waals surface area contributed by atoms with Gasteiger partial charge in [-0.1, -0.05) is 0 Å². The zero-order valence-corrected chi connectivity index (χ0v) is 12.2. The molecule has 0 aliphatic rings. The Morgan fingerprint density at radius 1 is 1.44 bits per heavy atom. The summed E-state index contributed by atoms with van der Waals surface area (Å²) in [5.41, 5.74) is 7.10. The third kappa shape index (κ3) is 4.37.